The van der Waals surface area contributed by atoms with Gasteiger partial charge < -0.3 is 14.9 Å². The number of carbonyl (C=O) groups excluding carboxylic acids is 2. The van der Waals surface area contributed by atoms with Crippen LogP contribution in [0.3, 0.4) is 0 Å². The molecule has 0 aromatic carbocycles. The largest absolute Gasteiger partial charge is 0.386 e. The summed E-state index contributed by atoms with van der Waals surface area (Å²) in [7, 11) is 6.18. The average Bonchev–Trinajstić information content (AvgIpc) is 2.64. The number of thioether (sulfide) groups is 1. The van der Waals surface area contributed by atoms with Crippen molar-refractivity contribution in [1.29, 1.82) is 0 Å². The number of carbonyl (C=O) groups is 2. The molecule has 31 heavy (non-hydrogen) atoms. The Balaban J connectivity index is 4.20. The standard InChI is InChI=1S/C25H50N2O3S/c1-20(2)13-11-9-8-10-12-16-26-25(30)15-14-23(17-24(29)21(3)4)31-19-22(28)18-27(5,6)7/h20-23,28H,8-19H2,1-7H3/p+1. The van der Waals surface area contributed by atoms with Gasteiger partial charge in [0.1, 0.15) is 18.4 Å². The Morgan fingerprint density at radius 1 is 0.935 bits per heavy atom. The van der Waals surface area contributed by atoms with Crippen LogP contribution in [0.4, 0.5) is 0 Å². The molecule has 0 fully saturated rings. The van der Waals surface area contributed by atoms with E-state index >= 15 is 0 Å². The summed E-state index contributed by atoms with van der Waals surface area (Å²) >= 11 is 1.64. The molecule has 0 heterocycles. The van der Waals surface area contributed by atoms with Crippen LogP contribution in [0.5, 0.6) is 0 Å². The van der Waals surface area contributed by atoms with Crippen molar-refractivity contribution in [2.75, 3.05) is 40.0 Å². The van der Waals surface area contributed by atoms with Gasteiger partial charge in [0, 0.05) is 36.3 Å². The van der Waals surface area contributed by atoms with Crippen LogP contribution in [0.2, 0.25) is 0 Å². The number of unbranched alkanes of at least 4 members (excludes halogenated alkanes) is 4. The number of rotatable bonds is 19. The first-order valence-electron chi connectivity index (χ1n) is 12.3. The summed E-state index contributed by atoms with van der Waals surface area (Å²) in [5.74, 6) is 1.71. The van der Waals surface area contributed by atoms with Crippen LogP contribution in [0.15, 0.2) is 0 Å². The van der Waals surface area contributed by atoms with Crippen molar-refractivity contribution in [2.24, 2.45) is 11.8 Å². The molecule has 2 unspecified atom stereocenters. The first-order chi connectivity index (χ1) is 14.4. The summed E-state index contributed by atoms with van der Waals surface area (Å²) in [4.78, 5) is 24.5. The van der Waals surface area contributed by atoms with Gasteiger partial charge in [0.05, 0.1) is 21.1 Å². The minimum absolute atomic E-state index is 0.00799. The lowest BCUT2D eigenvalue weighted by Gasteiger charge is -2.27. The first-order valence-corrected chi connectivity index (χ1v) is 13.3. The number of hydrogen-bond donors (Lipinski definition) is 2. The summed E-state index contributed by atoms with van der Waals surface area (Å²) in [5, 5.41) is 13.4. The molecule has 0 saturated heterocycles. The third kappa shape index (κ3) is 19.8. The number of nitrogens with one attached hydrogen (secondary N) is 1. The molecular weight excluding hydrogens is 408 g/mol. The van der Waals surface area contributed by atoms with Crippen LogP contribution in [0.25, 0.3) is 0 Å². The quantitative estimate of drug-likeness (QED) is 0.218. The number of likely N-dealkylation sites (N-methyl/N-ethyl adjacent to an activating group) is 1. The van der Waals surface area contributed by atoms with Crippen molar-refractivity contribution >= 4 is 23.5 Å². The lowest BCUT2D eigenvalue weighted by atomic mass is 10.0. The predicted octanol–water partition coefficient (Wildman–Crippen LogP) is 4.66. The lowest BCUT2D eigenvalue weighted by molar-refractivity contribution is -0.873. The van der Waals surface area contributed by atoms with Gasteiger partial charge in [0.25, 0.3) is 0 Å². The fourth-order valence-electron chi connectivity index (χ4n) is 3.45. The molecule has 184 valence electrons. The Morgan fingerprint density at radius 3 is 2.13 bits per heavy atom. The zero-order valence-electron chi connectivity index (χ0n) is 21.4. The summed E-state index contributed by atoms with van der Waals surface area (Å²) in [6.07, 6.45) is 8.55. The number of amides is 1. The highest BCUT2D eigenvalue weighted by atomic mass is 32.2. The third-order valence-corrected chi connectivity index (χ3v) is 6.78. The summed E-state index contributed by atoms with van der Waals surface area (Å²) in [6.45, 7) is 9.80. The van der Waals surface area contributed by atoms with Gasteiger partial charge in [-0.3, -0.25) is 9.59 Å². The monoisotopic (exact) mass is 459 g/mol. The molecule has 0 radical (unpaired) electrons. The van der Waals surface area contributed by atoms with Crippen LogP contribution in [0, 0.1) is 11.8 Å². The zero-order chi connectivity index (χ0) is 23.9. The number of aliphatic hydroxyl groups is 1. The second-order valence-corrected chi connectivity index (χ2v) is 12.1. The topological polar surface area (TPSA) is 66.4 Å². The maximum Gasteiger partial charge on any atom is 0.220 e. The SMILES string of the molecule is CC(C)CCCCCCCNC(=O)CCC(CC(=O)C(C)C)SCC(O)C[N+](C)(C)C. The second-order valence-electron chi connectivity index (χ2n) is 10.7. The van der Waals surface area contributed by atoms with E-state index in [1.165, 1.54) is 32.1 Å². The number of aliphatic hydroxyl groups excluding tert-OH is 1. The Labute approximate surface area is 196 Å². The molecule has 0 aliphatic heterocycles. The fraction of sp³-hybridized carbons (Fsp3) is 0.920. The molecule has 0 saturated carbocycles. The lowest BCUT2D eigenvalue weighted by Crippen LogP contribution is -2.42. The fourth-order valence-corrected chi connectivity index (χ4v) is 4.62. The van der Waals surface area contributed by atoms with Crippen molar-refractivity contribution in [1.82, 2.24) is 5.32 Å². The van der Waals surface area contributed by atoms with E-state index in [-0.39, 0.29) is 22.9 Å². The highest BCUT2D eigenvalue weighted by Gasteiger charge is 2.21. The zero-order valence-corrected chi connectivity index (χ0v) is 22.2. The molecule has 2 N–H and O–H groups in total. The number of ketones is 1. The minimum atomic E-state index is -0.406. The molecule has 0 aliphatic rings. The third-order valence-electron chi connectivity index (χ3n) is 5.33. The molecule has 6 heteroatoms. The van der Waals surface area contributed by atoms with Gasteiger partial charge in [-0.05, 0) is 18.8 Å². The Hall–Kier alpha value is -0.590. The second kappa shape index (κ2) is 17.0. The molecule has 5 nitrogen and oxygen atoms in total. The summed E-state index contributed by atoms with van der Waals surface area (Å²) < 4.78 is 0.706. The number of Topliss-reactive ketones (excluding diaryl/α,β-unsaturated/α-hetero) is 1. The van der Waals surface area contributed by atoms with Crippen LogP contribution in [-0.4, -0.2) is 72.6 Å². The predicted molar refractivity (Wildman–Crippen MR) is 134 cm³/mol. The molecule has 2 atom stereocenters. The highest BCUT2D eigenvalue weighted by molar-refractivity contribution is 7.99. The Bertz CT molecular complexity index is 490. The van der Waals surface area contributed by atoms with Crippen molar-refractivity contribution < 1.29 is 19.2 Å². The number of nitrogens with zero attached hydrogens (tertiary/aromatic N) is 1. The maximum absolute atomic E-state index is 12.2. The molecule has 1 amide bonds. The average molecular weight is 460 g/mol. The Morgan fingerprint density at radius 2 is 1.55 bits per heavy atom. The smallest absolute Gasteiger partial charge is 0.220 e. The molecular formula is C25H51N2O3S+. The van der Waals surface area contributed by atoms with Gasteiger partial charge in [-0.1, -0.05) is 59.8 Å². The van der Waals surface area contributed by atoms with E-state index in [1.54, 1.807) is 11.8 Å². The normalized spacial score (nSPS) is 14.1. The van der Waals surface area contributed by atoms with E-state index in [2.05, 4.69) is 40.3 Å². The minimum Gasteiger partial charge on any atom is -0.386 e. The summed E-state index contributed by atoms with van der Waals surface area (Å²) in [5.41, 5.74) is 0. The van der Waals surface area contributed by atoms with E-state index in [9.17, 15) is 14.7 Å². The van der Waals surface area contributed by atoms with Gasteiger partial charge in [-0.15, -0.1) is 0 Å². The van der Waals surface area contributed by atoms with E-state index in [4.69, 9.17) is 0 Å². The molecule has 0 aliphatic carbocycles. The molecule has 0 rings (SSSR count). The van der Waals surface area contributed by atoms with Gasteiger partial charge in [-0.2, -0.15) is 11.8 Å². The van der Waals surface area contributed by atoms with Crippen molar-refractivity contribution in [3.63, 3.8) is 0 Å². The van der Waals surface area contributed by atoms with Crippen molar-refractivity contribution in [3.05, 3.63) is 0 Å². The van der Waals surface area contributed by atoms with Gasteiger partial charge in [0.2, 0.25) is 5.91 Å². The van der Waals surface area contributed by atoms with Gasteiger partial charge in [0.15, 0.2) is 0 Å². The molecule has 0 aromatic rings. The summed E-state index contributed by atoms with van der Waals surface area (Å²) in [6, 6.07) is 0. The number of quaternary nitrogens is 1. The maximum atomic E-state index is 12.2. The van der Waals surface area contributed by atoms with Crippen LogP contribution < -0.4 is 5.32 Å². The first kappa shape index (κ1) is 30.4. The van der Waals surface area contributed by atoms with E-state index in [1.807, 2.05) is 13.8 Å². The van der Waals surface area contributed by atoms with Crippen molar-refractivity contribution in [3.8, 4) is 0 Å². The molecule has 0 bridgehead atoms. The Kier molecular flexibility index (Phi) is 16.6. The number of hydrogen-bond acceptors (Lipinski definition) is 4. The van der Waals surface area contributed by atoms with Gasteiger partial charge >= 0.3 is 0 Å². The van der Waals surface area contributed by atoms with E-state index < -0.39 is 6.10 Å². The van der Waals surface area contributed by atoms with Crippen molar-refractivity contribution in [2.45, 2.75) is 96.8 Å². The highest BCUT2D eigenvalue weighted by Crippen LogP contribution is 2.23. The van der Waals surface area contributed by atoms with Crippen LogP contribution in [0.1, 0.15) is 85.5 Å². The van der Waals surface area contributed by atoms with Crippen LogP contribution >= 0.6 is 11.8 Å². The van der Waals surface area contributed by atoms with E-state index in [0.29, 0.717) is 36.0 Å². The van der Waals surface area contributed by atoms with E-state index in [0.717, 1.165) is 18.9 Å². The molecule has 0 spiro atoms. The molecule has 0 aromatic heterocycles. The van der Waals surface area contributed by atoms with Gasteiger partial charge in [-0.25, -0.2) is 0 Å². The van der Waals surface area contributed by atoms with Crippen LogP contribution in [-0.2, 0) is 9.59 Å².